The molecule has 0 saturated carbocycles. The van der Waals surface area contributed by atoms with Gasteiger partial charge in [-0.25, -0.2) is 0 Å². The first-order valence-corrected chi connectivity index (χ1v) is 9.05. The minimum Gasteiger partial charge on any atom is -0.373 e. The molecule has 0 aromatic heterocycles. The Bertz CT molecular complexity index is 482. The molecule has 22 heavy (non-hydrogen) atoms. The molecular formula is C13H26N4O4S. The fourth-order valence-corrected chi connectivity index (χ4v) is 4.27. The van der Waals surface area contributed by atoms with E-state index in [1.54, 1.807) is 4.90 Å². The van der Waals surface area contributed by atoms with Gasteiger partial charge >= 0.3 is 0 Å². The Hall–Kier alpha value is -0.740. The number of rotatable bonds is 4. The molecule has 2 atom stereocenters. The number of hydrogen-bond donors (Lipinski definition) is 1. The molecule has 8 nitrogen and oxygen atoms in total. The Morgan fingerprint density at radius 1 is 1.23 bits per heavy atom. The van der Waals surface area contributed by atoms with E-state index in [2.05, 4.69) is 5.32 Å². The van der Waals surface area contributed by atoms with Crippen LogP contribution in [-0.2, 0) is 19.7 Å². The van der Waals surface area contributed by atoms with Crippen molar-refractivity contribution in [3.63, 3.8) is 0 Å². The maximum absolute atomic E-state index is 12.6. The summed E-state index contributed by atoms with van der Waals surface area (Å²) in [6.45, 7) is 6.96. The molecule has 2 fully saturated rings. The summed E-state index contributed by atoms with van der Waals surface area (Å²) < 4.78 is 33.3. The third-order valence-electron chi connectivity index (χ3n) is 3.93. The summed E-state index contributed by atoms with van der Waals surface area (Å²) in [6.07, 6.45) is -0.286. The van der Waals surface area contributed by atoms with Crippen molar-refractivity contribution in [1.29, 1.82) is 0 Å². The molecule has 2 saturated heterocycles. The van der Waals surface area contributed by atoms with E-state index >= 15 is 0 Å². The summed E-state index contributed by atoms with van der Waals surface area (Å²) in [4.78, 5) is 13.9. The van der Waals surface area contributed by atoms with Gasteiger partial charge in [-0.2, -0.15) is 17.0 Å². The number of amides is 1. The summed E-state index contributed by atoms with van der Waals surface area (Å²) in [7, 11) is -2.18. The van der Waals surface area contributed by atoms with Gasteiger partial charge in [0.2, 0.25) is 5.91 Å². The monoisotopic (exact) mass is 334 g/mol. The van der Waals surface area contributed by atoms with E-state index in [0.717, 1.165) is 17.4 Å². The highest BCUT2D eigenvalue weighted by molar-refractivity contribution is 7.86. The molecule has 1 amide bonds. The van der Waals surface area contributed by atoms with E-state index in [9.17, 15) is 13.2 Å². The van der Waals surface area contributed by atoms with E-state index in [1.165, 1.54) is 11.4 Å². The van der Waals surface area contributed by atoms with Gasteiger partial charge in [-0.1, -0.05) is 0 Å². The first kappa shape index (κ1) is 17.6. The van der Waals surface area contributed by atoms with Gasteiger partial charge in [0, 0.05) is 46.3 Å². The lowest BCUT2D eigenvalue weighted by molar-refractivity contribution is -0.131. The summed E-state index contributed by atoms with van der Waals surface area (Å²) >= 11 is 0. The van der Waals surface area contributed by atoms with E-state index < -0.39 is 10.2 Å². The molecule has 0 aromatic carbocycles. The number of carbonyl (C=O) groups is 1. The quantitative estimate of drug-likeness (QED) is 0.691. The zero-order valence-corrected chi connectivity index (χ0v) is 14.3. The van der Waals surface area contributed by atoms with Crippen molar-refractivity contribution in [2.24, 2.45) is 0 Å². The minimum absolute atomic E-state index is 0.123. The maximum atomic E-state index is 12.6. The van der Waals surface area contributed by atoms with E-state index in [4.69, 9.17) is 4.74 Å². The Kier molecular flexibility index (Phi) is 5.78. The van der Waals surface area contributed by atoms with Crippen LogP contribution in [0.5, 0.6) is 0 Å². The molecule has 0 bridgehead atoms. The number of carbonyl (C=O) groups excluding carboxylic acids is 1. The topological polar surface area (TPSA) is 82.2 Å². The number of hydrogen-bond acceptors (Lipinski definition) is 5. The molecule has 0 aromatic rings. The molecule has 0 radical (unpaired) electrons. The van der Waals surface area contributed by atoms with Crippen LogP contribution in [0.1, 0.15) is 13.8 Å². The zero-order chi connectivity index (χ0) is 16.3. The summed E-state index contributed by atoms with van der Waals surface area (Å²) in [6, 6.07) is 0. The molecule has 2 rings (SSSR count). The molecule has 2 unspecified atom stereocenters. The van der Waals surface area contributed by atoms with Crippen LogP contribution < -0.4 is 5.32 Å². The second-order valence-electron chi connectivity index (χ2n) is 5.97. The third-order valence-corrected chi connectivity index (χ3v) is 5.80. The Balaban J connectivity index is 1.97. The fourth-order valence-electron chi connectivity index (χ4n) is 2.80. The minimum atomic E-state index is -3.64. The second kappa shape index (κ2) is 7.22. The molecular weight excluding hydrogens is 308 g/mol. The molecule has 0 aliphatic carbocycles. The van der Waals surface area contributed by atoms with E-state index in [0.29, 0.717) is 26.2 Å². The molecule has 2 heterocycles. The van der Waals surface area contributed by atoms with Crippen molar-refractivity contribution in [2.75, 3.05) is 52.9 Å². The van der Waals surface area contributed by atoms with E-state index in [1.807, 2.05) is 13.8 Å². The second-order valence-corrected chi connectivity index (χ2v) is 8.00. The van der Waals surface area contributed by atoms with Gasteiger partial charge in [0.05, 0.1) is 18.8 Å². The average molecular weight is 334 g/mol. The van der Waals surface area contributed by atoms with Crippen molar-refractivity contribution in [3.05, 3.63) is 0 Å². The number of ether oxygens (including phenoxy) is 1. The van der Waals surface area contributed by atoms with Crippen LogP contribution in [-0.4, -0.2) is 92.9 Å². The van der Waals surface area contributed by atoms with Crippen LogP contribution in [0, 0.1) is 0 Å². The van der Waals surface area contributed by atoms with Crippen molar-refractivity contribution >= 4 is 16.1 Å². The van der Waals surface area contributed by atoms with Crippen LogP contribution in [0.15, 0.2) is 0 Å². The lowest BCUT2D eigenvalue weighted by atomic mass is 10.3. The van der Waals surface area contributed by atoms with E-state index in [-0.39, 0.29) is 24.7 Å². The SMILES string of the molecule is CC1CN(S(=O)(=O)N(C)CC(=O)N2CCNCC2)CC(C)O1. The predicted octanol–water partition coefficient (Wildman–Crippen LogP) is -1.30. The van der Waals surface area contributed by atoms with Gasteiger partial charge < -0.3 is 15.0 Å². The van der Waals surface area contributed by atoms with Gasteiger partial charge in [0.1, 0.15) is 0 Å². The van der Waals surface area contributed by atoms with Gasteiger partial charge in [0.15, 0.2) is 0 Å². The molecule has 1 N–H and O–H groups in total. The highest BCUT2D eigenvalue weighted by Crippen LogP contribution is 2.16. The Morgan fingerprint density at radius 2 is 1.77 bits per heavy atom. The largest absolute Gasteiger partial charge is 0.373 e. The first-order valence-electron chi connectivity index (χ1n) is 7.66. The maximum Gasteiger partial charge on any atom is 0.282 e. The smallest absolute Gasteiger partial charge is 0.282 e. The van der Waals surface area contributed by atoms with Gasteiger partial charge in [-0.15, -0.1) is 0 Å². The molecule has 0 spiro atoms. The highest BCUT2D eigenvalue weighted by Gasteiger charge is 2.35. The highest BCUT2D eigenvalue weighted by atomic mass is 32.2. The number of piperazine rings is 1. The third kappa shape index (κ3) is 4.17. The summed E-state index contributed by atoms with van der Waals surface area (Å²) in [5, 5.41) is 3.17. The van der Waals surface area contributed by atoms with Crippen LogP contribution in [0.25, 0.3) is 0 Å². The number of likely N-dealkylation sites (N-methyl/N-ethyl adjacent to an activating group) is 1. The zero-order valence-electron chi connectivity index (χ0n) is 13.5. The van der Waals surface area contributed by atoms with Crippen LogP contribution in [0.2, 0.25) is 0 Å². The number of nitrogens with one attached hydrogen (secondary N) is 1. The first-order chi connectivity index (χ1) is 10.3. The Morgan fingerprint density at radius 3 is 2.32 bits per heavy atom. The average Bonchev–Trinajstić information content (AvgIpc) is 2.47. The molecule has 128 valence electrons. The van der Waals surface area contributed by atoms with Crippen LogP contribution >= 0.6 is 0 Å². The van der Waals surface area contributed by atoms with Crippen molar-refractivity contribution < 1.29 is 17.9 Å². The fraction of sp³-hybridized carbons (Fsp3) is 0.923. The van der Waals surface area contributed by atoms with Gasteiger partial charge in [-0.3, -0.25) is 4.79 Å². The standard InChI is InChI=1S/C13H26N4O4S/c1-11-8-17(9-12(2)21-11)22(19,20)15(3)10-13(18)16-6-4-14-5-7-16/h11-12,14H,4-10H2,1-3H3. The number of nitrogens with zero attached hydrogens (tertiary/aromatic N) is 3. The lowest BCUT2D eigenvalue weighted by Gasteiger charge is -2.36. The van der Waals surface area contributed by atoms with Gasteiger partial charge in [0.25, 0.3) is 10.2 Å². The van der Waals surface area contributed by atoms with Crippen molar-refractivity contribution in [2.45, 2.75) is 26.1 Å². The van der Waals surface area contributed by atoms with Crippen molar-refractivity contribution in [3.8, 4) is 0 Å². The van der Waals surface area contributed by atoms with Crippen LogP contribution in [0.3, 0.4) is 0 Å². The predicted molar refractivity (Wildman–Crippen MR) is 82.6 cm³/mol. The lowest BCUT2D eigenvalue weighted by Crippen LogP contribution is -2.54. The molecule has 9 heteroatoms. The van der Waals surface area contributed by atoms with Gasteiger partial charge in [-0.05, 0) is 13.8 Å². The molecule has 2 aliphatic heterocycles. The number of morpholine rings is 1. The van der Waals surface area contributed by atoms with Crippen LogP contribution in [0.4, 0.5) is 0 Å². The Labute approximate surface area is 132 Å². The molecule has 2 aliphatic rings. The van der Waals surface area contributed by atoms with Crippen molar-refractivity contribution in [1.82, 2.24) is 18.8 Å². The summed E-state index contributed by atoms with van der Waals surface area (Å²) in [5.41, 5.74) is 0. The summed E-state index contributed by atoms with van der Waals surface area (Å²) in [5.74, 6) is -0.151. The normalized spacial score (nSPS) is 28.1.